The lowest BCUT2D eigenvalue weighted by molar-refractivity contribution is -0.137. The molecular formula is C20H20ClF3N4OS2. The summed E-state index contributed by atoms with van der Waals surface area (Å²) < 4.78 is 40.7. The minimum absolute atomic E-state index is 0.0307. The summed E-state index contributed by atoms with van der Waals surface area (Å²) >= 11 is 8.76. The highest BCUT2D eigenvalue weighted by Gasteiger charge is 2.31. The summed E-state index contributed by atoms with van der Waals surface area (Å²) in [5, 5.41) is 13.6. The largest absolute Gasteiger partial charge is 0.416 e. The molecule has 1 aromatic carbocycles. The van der Waals surface area contributed by atoms with Gasteiger partial charge in [-0.15, -0.1) is 21.5 Å². The van der Waals surface area contributed by atoms with E-state index in [4.69, 9.17) is 11.6 Å². The molecule has 5 nitrogen and oxygen atoms in total. The maximum Gasteiger partial charge on any atom is 0.416 e. The van der Waals surface area contributed by atoms with E-state index in [2.05, 4.69) is 28.5 Å². The first-order chi connectivity index (χ1) is 14.6. The van der Waals surface area contributed by atoms with Gasteiger partial charge in [-0.1, -0.05) is 30.3 Å². The van der Waals surface area contributed by atoms with Gasteiger partial charge in [-0.2, -0.15) is 13.2 Å². The Morgan fingerprint density at radius 3 is 2.65 bits per heavy atom. The standard InChI is InChI=1S/C20H20ClF3N4OS2/c1-4-14-7-12(9-30-14)18-26-27-19(28(18)11(2)3)31-10-17(29)25-16-8-13(20(22,23)24)5-6-15(16)21/h5-9,11H,4,10H2,1-3H3,(H,25,29). The second kappa shape index (κ2) is 9.62. The lowest BCUT2D eigenvalue weighted by atomic mass is 10.2. The van der Waals surface area contributed by atoms with Gasteiger partial charge in [0.15, 0.2) is 11.0 Å². The summed E-state index contributed by atoms with van der Waals surface area (Å²) in [6, 6.07) is 4.93. The van der Waals surface area contributed by atoms with Crippen molar-refractivity contribution in [2.75, 3.05) is 11.1 Å². The number of thioether (sulfide) groups is 1. The van der Waals surface area contributed by atoms with Gasteiger partial charge in [-0.25, -0.2) is 0 Å². The molecular weight excluding hydrogens is 469 g/mol. The molecule has 0 aliphatic heterocycles. The van der Waals surface area contributed by atoms with Crippen LogP contribution in [0.15, 0.2) is 34.8 Å². The van der Waals surface area contributed by atoms with Gasteiger partial charge >= 0.3 is 6.18 Å². The summed E-state index contributed by atoms with van der Waals surface area (Å²) in [4.78, 5) is 13.6. The van der Waals surface area contributed by atoms with Gasteiger partial charge in [-0.3, -0.25) is 9.36 Å². The highest BCUT2D eigenvalue weighted by Crippen LogP contribution is 2.34. The van der Waals surface area contributed by atoms with Crippen molar-refractivity contribution in [2.24, 2.45) is 0 Å². The number of carbonyl (C=O) groups is 1. The molecule has 0 atom stereocenters. The fraction of sp³-hybridized carbons (Fsp3) is 0.350. The molecule has 0 saturated heterocycles. The van der Waals surface area contributed by atoms with Crippen LogP contribution in [0.3, 0.4) is 0 Å². The molecule has 2 heterocycles. The van der Waals surface area contributed by atoms with E-state index in [0.717, 1.165) is 47.8 Å². The Morgan fingerprint density at radius 1 is 1.29 bits per heavy atom. The number of benzene rings is 1. The van der Waals surface area contributed by atoms with Crippen molar-refractivity contribution in [1.29, 1.82) is 0 Å². The number of nitrogens with one attached hydrogen (secondary N) is 1. The minimum atomic E-state index is -4.53. The molecule has 3 aromatic rings. The molecule has 166 valence electrons. The molecule has 0 unspecified atom stereocenters. The first kappa shape index (κ1) is 23.6. The predicted molar refractivity (Wildman–Crippen MR) is 119 cm³/mol. The summed E-state index contributed by atoms with van der Waals surface area (Å²) in [5.74, 6) is 0.172. The molecule has 3 rings (SSSR count). The van der Waals surface area contributed by atoms with Crippen LogP contribution in [0.25, 0.3) is 11.4 Å². The van der Waals surface area contributed by atoms with Gasteiger partial charge in [0, 0.05) is 21.9 Å². The Bertz CT molecular complexity index is 1080. The van der Waals surface area contributed by atoms with Gasteiger partial charge in [0.25, 0.3) is 0 Å². The number of rotatable bonds is 7. The summed E-state index contributed by atoms with van der Waals surface area (Å²) in [7, 11) is 0. The van der Waals surface area contributed by atoms with E-state index in [1.807, 2.05) is 23.8 Å². The third kappa shape index (κ3) is 5.61. The van der Waals surface area contributed by atoms with E-state index in [1.165, 1.54) is 4.88 Å². The molecule has 31 heavy (non-hydrogen) atoms. The van der Waals surface area contributed by atoms with E-state index < -0.39 is 17.6 Å². The Kier molecular flexibility index (Phi) is 7.33. The van der Waals surface area contributed by atoms with Gasteiger partial charge < -0.3 is 5.32 Å². The normalized spacial score (nSPS) is 11.9. The Labute approximate surface area is 191 Å². The molecule has 11 heteroatoms. The molecule has 0 radical (unpaired) electrons. The Hall–Kier alpha value is -2.04. The van der Waals surface area contributed by atoms with Gasteiger partial charge in [-0.05, 0) is 44.5 Å². The number of nitrogens with zero attached hydrogens (tertiary/aromatic N) is 3. The molecule has 0 aliphatic carbocycles. The number of hydrogen-bond acceptors (Lipinski definition) is 5. The molecule has 0 aliphatic rings. The lowest BCUT2D eigenvalue weighted by Gasteiger charge is -2.14. The zero-order chi connectivity index (χ0) is 22.8. The van der Waals surface area contributed by atoms with Crippen molar-refractivity contribution in [1.82, 2.24) is 14.8 Å². The van der Waals surface area contributed by atoms with Crippen molar-refractivity contribution in [3.05, 3.63) is 45.1 Å². The zero-order valence-corrected chi connectivity index (χ0v) is 19.3. The quantitative estimate of drug-likeness (QED) is 0.383. The van der Waals surface area contributed by atoms with Crippen molar-refractivity contribution < 1.29 is 18.0 Å². The van der Waals surface area contributed by atoms with Gasteiger partial charge in [0.1, 0.15) is 0 Å². The number of amides is 1. The van der Waals surface area contributed by atoms with Crippen LogP contribution in [0.1, 0.15) is 37.3 Å². The Balaban J connectivity index is 1.74. The summed E-state index contributed by atoms with van der Waals surface area (Å²) in [5.41, 5.74) is -0.000156. The van der Waals surface area contributed by atoms with E-state index >= 15 is 0 Å². The first-order valence-corrected chi connectivity index (χ1v) is 11.7. The van der Waals surface area contributed by atoms with Crippen LogP contribution in [0.2, 0.25) is 5.02 Å². The van der Waals surface area contributed by atoms with Crippen LogP contribution in [-0.4, -0.2) is 26.4 Å². The molecule has 0 fully saturated rings. The smallest absolute Gasteiger partial charge is 0.324 e. The van der Waals surface area contributed by atoms with Crippen molar-refractivity contribution in [2.45, 2.75) is 44.6 Å². The summed E-state index contributed by atoms with van der Waals surface area (Å²) in [6.45, 7) is 6.07. The number of anilines is 1. The summed E-state index contributed by atoms with van der Waals surface area (Å²) in [6.07, 6.45) is -3.59. The average Bonchev–Trinajstić information content (AvgIpc) is 3.33. The van der Waals surface area contributed by atoms with Gasteiger partial charge in [0.2, 0.25) is 5.91 Å². The molecule has 1 amide bonds. The fourth-order valence-electron chi connectivity index (χ4n) is 2.83. The first-order valence-electron chi connectivity index (χ1n) is 9.42. The lowest BCUT2D eigenvalue weighted by Crippen LogP contribution is -2.16. The number of aromatic nitrogens is 3. The SMILES string of the molecule is CCc1cc(-c2nnc(SCC(=O)Nc3cc(C(F)(F)F)ccc3Cl)n2C(C)C)cs1. The van der Waals surface area contributed by atoms with Crippen molar-refractivity contribution in [3.63, 3.8) is 0 Å². The number of aryl methyl sites for hydroxylation is 1. The molecule has 1 N–H and O–H groups in total. The maximum absolute atomic E-state index is 12.9. The van der Waals surface area contributed by atoms with Crippen LogP contribution in [0.5, 0.6) is 0 Å². The van der Waals surface area contributed by atoms with Crippen LogP contribution in [0, 0.1) is 0 Å². The van der Waals surface area contributed by atoms with Crippen LogP contribution in [-0.2, 0) is 17.4 Å². The predicted octanol–water partition coefficient (Wildman–Crippen LogP) is 6.55. The molecule has 0 bridgehead atoms. The van der Waals surface area contributed by atoms with E-state index in [9.17, 15) is 18.0 Å². The van der Waals surface area contributed by atoms with Crippen LogP contribution < -0.4 is 5.32 Å². The maximum atomic E-state index is 12.9. The second-order valence-electron chi connectivity index (χ2n) is 6.95. The number of hydrogen-bond donors (Lipinski definition) is 1. The average molecular weight is 489 g/mol. The van der Waals surface area contributed by atoms with E-state index in [1.54, 1.807) is 11.3 Å². The third-order valence-corrected chi connectivity index (χ3v) is 6.70. The van der Waals surface area contributed by atoms with E-state index in [-0.39, 0.29) is 22.5 Å². The number of carbonyl (C=O) groups excluding carboxylic acids is 1. The Morgan fingerprint density at radius 2 is 2.03 bits per heavy atom. The second-order valence-corrected chi connectivity index (χ2v) is 9.30. The van der Waals surface area contributed by atoms with Crippen molar-refractivity contribution in [3.8, 4) is 11.4 Å². The topological polar surface area (TPSA) is 59.8 Å². The fourth-order valence-corrected chi connectivity index (χ4v) is 4.68. The number of halogens is 4. The molecule has 2 aromatic heterocycles. The highest BCUT2D eigenvalue weighted by molar-refractivity contribution is 7.99. The van der Waals surface area contributed by atoms with Crippen LogP contribution in [0.4, 0.5) is 18.9 Å². The van der Waals surface area contributed by atoms with E-state index in [0.29, 0.717) is 5.16 Å². The number of thiophene rings is 1. The van der Waals surface area contributed by atoms with Crippen molar-refractivity contribution >= 4 is 46.3 Å². The monoisotopic (exact) mass is 488 g/mol. The highest BCUT2D eigenvalue weighted by atomic mass is 35.5. The molecule has 0 saturated carbocycles. The minimum Gasteiger partial charge on any atom is -0.324 e. The number of alkyl halides is 3. The molecule has 0 spiro atoms. The zero-order valence-electron chi connectivity index (χ0n) is 17.0. The third-order valence-electron chi connectivity index (χ3n) is 4.34. The van der Waals surface area contributed by atoms with Crippen LogP contribution >= 0.6 is 34.7 Å². The van der Waals surface area contributed by atoms with Gasteiger partial charge in [0.05, 0.1) is 22.0 Å².